The van der Waals surface area contributed by atoms with Gasteiger partial charge in [-0.25, -0.2) is 9.97 Å². The second-order valence-electron chi connectivity index (χ2n) is 7.32. The van der Waals surface area contributed by atoms with Crippen molar-refractivity contribution in [2.24, 2.45) is 0 Å². The molecule has 156 valence electrons. The molecule has 0 saturated heterocycles. The number of aryl methyl sites for hydroxylation is 3. The summed E-state index contributed by atoms with van der Waals surface area (Å²) in [7, 11) is 0. The third-order valence-corrected chi connectivity index (χ3v) is 8.56. The molecule has 0 atom stereocenters. The molecule has 0 saturated carbocycles. The number of nitrogens with zero attached hydrogens (tertiary/aromatic N) is 3. The molecular weight excluding hydrogens is 442 g/mol. The van der Waals surface area contributed by atoms with E-state index in [0.717, 1.165) is 48.7 Å². The van der Waals surface area contributed by atoms with Crippen molar-refractivity contribution >= 4 is 62.4 Å². The van der Waals surface area contributed by atoms with Crippen molar-refractivity contribution in [1.29, 1.82) is 0 Å². The van der Waals surface area contributed by atoms with Gasteiger partial charge in [-0.1, -0.05) is 54.7 Å². The Kier molecular flexibility index (Phi) is 5.50. The van der Waals surface area contributed by atoms with Crippen LogP contribution in [0.2, 0.25) is 0 Å². The third kappa shape index (κ3) is 3.64. The average molecular weight is 464 g/mol. The zero-order chi connectivity index (χ0) is 21.5. The summed E-state index contributed by atoms with van der Waals surface area (Å²) in [5.74, 6) is 1.20. The maximum atomic E-state index is 13.5. The molecule has 5 rings (SSSR count). The Bertz CT molecular complexity index is 1270. The van der Waals surface area contributed by atoms with E-state index in [1.165, 1.54) is 22.2 Å². The average Bonchev–Trinajstić information content (AvgIpc) is 3.08. The second-order valence-corrected chi connectivity index (χ2v) is 10.6. The standard InChI is InChI=1S/C24H21N3OS3/c1-4-20-25-23(22-14(2)15(3)30-24(22)26-20)29-13-21(28)27-16-9-5-7-11-18(16)31-19-12-8-6-10-17(19)27/h5-12H,4,13H2,1-3H3. The van der Waals surface area contributed by atoms with E-state index in [4.69, 9.17) is 9.97 Å². The van der Waals surface area contributed by atoms with Crippen molar-refractivity contribution in [3.63, 3.8) is 0 Å². The molecule has 0 radical (unpaired) electrons. The quantitative estimate of drug-likeness (QED) is 0.246. The lowest BCUT2D eigenvalue weighted by Crippen LogP contribution is -2.30. The van der Waals surface area contributed by atoms with Crippen molar-refractivity contribution in [3.8, 4) is 0 Å². The number of fused-ring (bicyclic) bond motifs is 3. The Hall–Kier alpha value is -2.35. The molecule has 3 heterocycles. The fraction of sp³-hybridized carbons (Fsp3) is 0.208. The molecule has 0 N–H and O–H groups in total. The number of anilines is 2. The predicted octanol–water partition coefficient (Wildman–Crippen LogP) is 6.79. The Morgan fingerprint density at radius 3 is 2.29 bits per heavy atom. The first kappa shape index (κ1) is 20.5. The summed E-state index contributed by atoms with van der Waals surface area (Å²) < 4.78 is 0. The lowest BCUT2D eigenvalue weighted by molar-refractivity contribution is -0.115. The van der Waals surface area contributed by atoms with E-state index in [0.29, 0.717) is 5.75 Å². The molecule has 7 heteroatoms. The van der Waals surface area contributed by atoms with E-state index < -0.39 is 0 Å². The zero-order valence-electron chi connectivity index (χ0n) is 17.5. The normalized spacial score (nSPS) is 12.7. The largest absolute Gasteiger partial charge is 0.278 e. The monoisotopic (exact) mass is 463 g/mol. The number of benzene rings is 2. The highest BCUT2D eigenvalue weighted by atomic mass is 32.2. The molecule has 1 amide bonds. The van der Waals surface area contributed by atoms with Crippen LogP contribution in [0.5, 0.6) is 0 Å². The minimum Gasteiger partial charge on any atom is -0.278 e. The molecule has 2 aromatic heterocycles. The SMILES string of the molecule is CCc1nc(SCC(=O)N2c3ccccc3Sc3ccccc32)c2c(C)c(C)sc2n1. The van der Waals surface area contributed by atoms with Crippen LogP contribution in [0.15, 0.2) is 63.3 Å². The summed E-state index contributed by atoms with van der Waals surface area (Å²) in [6.45, 7) is 6.29. The number of aromatic nitrogens is 2. The van der Waals surface area contributed by atoms with Crippen LogP contribution >= 0.6 is 34.9 Å². The van der Waals surface area contributed by atoms with Gasteiger partial charge in [-0.05, 0) is 43.7 Å². The van der Waals surface area contributed by atoms with Crippen LogP contribution in [0, 0.1) is 13.8 Å². The number of carbonyl (C=O) groups excluding carboxylic acids is 1. The molecule has 0 aliphatic carbocycles. The molecule has 4 nitrogen and oxygen atoms in total. The van der Waals surface area contributed by atoms with Gasteiger partial charge in [0.15, 0.2) is 0 Å². The summed E-state index contributed by atoms with van der Waals surface area (Å²) in [6, 6.07) is 16.2. The number of carbonyl (C=O) groups is 1. The van der Waals surface area contributed by atoms with Crippen molar-refractivity contribution in [1.82, 2.24) is 9.97 Å². The molecule has 2 aromatic carbocycles. The fourth-order valence-corrected chi connectivity index (χ4v) is 6.81. The Morgan fingerprint density at radius 2 is 1.65 bits per heavy atom. The fourth-order valence-electron chi connectivity index (χ4n) is 3.69. The van der Waals surface area contributed by atoms with E-state index >= 15 is 0 Å². The maximum Gasteiger partial charge on any atom is 0.242 e. The van der Waals surface area contributed by atoms with Gasteiger partial charge in [-0.3, -0.25) is 9.69 Å². The highest BCUT2D eigenvalue weighted by Gasteiger charge is 2.28. The number of hydrogen-bond acceptors (Lipinski definition) is 6. The Labute approximate surface area is 194 Å². The number of rotatable bonds is 4. The topological polar surface area (TPSA) is 46.1 Å². The lowest BCUT2D eigenvalue weighted by atomic mass is 10.2. The highest BCUT2D eigenvalue weighted by molar-refractivity contribution is 8.00. The van der Waals surface area contributed by atoms with Gasteiger partial charge in [0.05, 0.1) is 17.1 Å². The Morgan fingerprint density at radius 1 is 1.00 bits per heavy atom. The lowest BCUT2D eigenvalue weighted by Gasteiger charge is -2.31. The van der Waals surface area contributed by atoms with Crippen LogP contribution in [0.1, 0.15) is 23.2 Å². The molecular formula is C24H21N3OS3. The Balaban J connectivity index is 1.50. The molecule has 4 aromatic rings. The van der Waals surface area contributed by atoms with E-state index in [9.17, 15) is 4.79 Å². The molecule has 31 heavy (non-hydrogen) atoms. The van der Waals surface area contributed by atoms with Gasteiger partial charge in [-0.2, -0.15) is 0 Å². The van der Waals surface area contributed by atoms with Crippen molar-refractivity contribution in [2.45, 2.75) is 42.0 Å². The van der Waals surface area contributed by atoms with Gasteiger partial charge >= 0.3 is 0 Å². The summed E-state index contributed by atoms with van der Waals surface area (Å²) >= 11 is 4.93. The van der Waals surface area contributed by atoms with Crippen LogP contribution < -0.4 is 4.90 Å². The van der Waals surface area contributed by atoms with Crippen LogP contribution in [-0.4, -0.2) is 21.6 Å². The van der Waals surface area contributed by atoms with Crippen molar-refractivity contribution in [3.05, 3.63) is 64.8 Å². The molecule has 0 fully saturated rings. The van der Waals surface area contributed by atoms with Crippen LogP contribution in [-0.2, 0) is 11.2 Å². The van der Waals surface area contributed by atoms with Gasteiger partial charge in [0, 0.05) is 26.5 Å². The van der Waals surface area contributed by atoms with Crippen molar-refractivity contribution in [2.75, 3.05) is 10.7 Å². The van der Waals surface area contributed by atoms with E-state index in [2.05, 4.69) is 32.9 Å². The summed E-state index contributed by atoms with van der Waals surface area (Å²) in [5.41, 5.74) is 3.10. The summed E-state index contributed by atoms with van der Waals surface area (Å²) in [4.78, 5) is 29.3. The van der Waals surface area contributed by atoms with Crippen molar-refractivity contribution < 1.29 is 4.79 Å². The highest BCUT2D eigenvalue weighted by Crippen LogP contribution is 2.48. The first-order valence-electron chi connectivity index (χ1n) is 10.1. The third-order valence-electron chi connectivity index (χ3n) is 5.37. The number of thiophene rings is 1. The van der Waals surface area contributed by atoms with Gasteiger partial charge < -0.3 is 0 Å². The van der Waals surface area contributed by atoms with Gasteiger partial charge in [0.25, 0.3) is 0 Å². The van der Waals surface area contributed by atoms with Crippen LogP contribution in [0.4, 0.5) is 11.4 Å². The smallest absolute Gasteiger partial charge is 0.242 e. The van der Waals surface area contributed by atoms with E-state index in [1.807, 2.05) is 41.3 Å². The maximum absolute atomic E-state index is 13.5. The molecule has 0 spiro atoms. The summed E-state index contributed by atoms with van der Waals surface area (Å²) in [6.07, 6.45) is 0.775. The number of hydrogen-bond donors (Lipinski definition) is 0. The van der Waals surface area contributed by atoms with Gasteiger partial charge in [0.1, 0.15) is 15.7 Å². The number of thioether (sulfide) groups is 1. The number of amides is 1. The van der Waals surface area contributed by atoms with E-state index in [-0.39, 0.29) is 5.91 Å². The van der Waals surface area contributed by atoms with Crippen LogP contribution in [0.25, 0.3) is 10.2 Å². The molecule has 1 aliphatic rings. The molecule has 0 unspecified atom stereocenters. The summed E-state index contributed by atoms with van der Waals surface area (Å²) in [5, 5.41) is 2.00. The van der Waals surface area contributed by atoms with Gasteiger partial charge in [0.2, 0.25) is 5.91 Å². The molecule has 1 aliphatic heterocycles. The molecule has 0 bridgehead atoms. The zero-order valence-corrected chi connectivity index (χ0v) is 20.0. The second kappa shape index (κ2) is 8.30. The van der Waals surface area contributed by atoms with Crippen LogP contribution in [0.3, 0.4) is 0 Å². The predicted molar refractivity (Wildman–Crippen MR) is 131 cm³/mol. The first-order chi connectivity index (χ1) is 15.1. The number of para-hydroxylation sites is 2. The van der Waals surface area contributed by atoms with E-state index in [1.54, 1.807) is 23.1 Å². The van der Waals surface area contributed by atoms with Gasteiger partial charge in [-0.15, -0.1) is 11.3 Å². The minimum atomic E-state index is 0.0552. The first-order valence-corrected chi connectivity index (χ1v) is 12.8. The minimum absolute atomic E-state index is 0.0552.